The van der Waals surface area contributed by atoms with Crippen molar-refractivity contribution in [2.24, 2.45) is 0 Å². The Morgan fingerprint density at radius 3 is 2.71 bits per heavy atom. The lowest BCUT2D eigenvalue weighted by molar-refractivity contribution is -0.115. The first-order valence-electron chi connectivity index (χ1n) is 3.99. The summed E-state index contributed by atoms with van der Waals surface area (Å²) < 4.78 is 0.704. The van der Waals surface area contributed by atoms with E-state index in [2.05, 4.69) is 21.2 Å². The molecule has 1 rings (SSSR count). The third kappa shape index (κ3) is 2.62. The van der Waals surface area contributed by atoms with Crippen LogP contribution in [0.4, 0.5) is 5.69 Å². The first-order valence-corrected chi connectivity index (χ1v) is 5.54. The molecule has 2 nitrogen and oxygen atoms in total. The van der Waals surface area contributed by atoms with Gasteiger partial charge >= 0.3 is 0 Å². The number of nitrogens with one attached hydrogen (secondary N) is 1. The fraction of sp³-hybridized carbons (Fsp3) is 0.222. The van der Waals surface area contributed by atoms with Crippen molar-refractivity contribution in [2.45, 2.75) is 13.3 Å². The number of carbonyl (C=O) groups excluding carboxylic acids is 1. The fourth-order valence-electron chi connectivity index (χ4n) is 0.869. The molecule has 0 saturated heterocycles. The first kappa shape index (κ1) is 11.8. The summed E-state index contributed by atoms with van der Waals surface area (Å²) in [5.41, 5.74) is 0.453. The molecule has 14 heavy (non-hydrogen) atoms. The van der Waals surface area contributed by atoms with Gasteiger partial charge in [0.1, 0.15) is 0 Å². The maximum Gasteiger partial charge on any atom is 0.224 e. The zero-order chi connectivity index (χ0) is 10.7. The first-order chi connectivity index (χ1) is 6.56. The molecule has 0 aliphatic heterocycles. The highest BCUT2D eigenvalue weighted by atomic mass is 79.9. The molecule has 1 amide bonds. The lowest BCUT2D eigenvalue weighted by Crippen LogP contribution is -2.10. The molecule has 1 N–H and O–H groups in total. The molecule has 0 spiro atoms. The topological polar surface area (TPSA) is 29.1 Å². The van der Waals surface area contributed by atoms with E-state index in [0.717, 1.165) is 0 Å². The molecule has 76 valence electrons. The summed E-state index contributed by atoms with van der Waals surface area (Å²) in [5, 5.41) is 3.48. The van der Waals surface area contributed by atoms with E-state index in [9.17, 15) is 4.79 Å². The second-order valence-electron chi connectivity index (χ2n) is 2.62. The quantitative estimate of drug-likeness (QED) is 0.818. The SMILES string of the molecule is CCC(=O)Nc1c(Cl)ccc(Br)c1Cl. The van der Waals surface area contributed by atoms with Crippen LogP contribution >= 0.6 is 39.1 Å². The summed E-state index contributed by atoms with van der Waals surface area (Å²) in [4.78, 5) is 11.2. The Morgan fingerprint density at radius 2 is 2.14 bits per heavy atom. The van der Waals surface area contributed by atoms with E-state index in [0.29, 0.717) is 26.6 Å². The van der Waals surface area contributed by atoms with Gasteiger partial charge in [-0.05, 0) is 28.1 Å². The van der Waals surface area contributed by atoms with E-state index in [1.54, 1.807) is 19.1 Å². The summed E-state index contributed by atoms with van der Waals surface area (Å²) in [6, 6.07) is 3.40. The van der Waals surface area contributed by atoms with E-state index < -0.39 is 0 Å². The van der Waals surface area contributed by atoms with Gasteiger partial charge in [0.2, 0.25) is 5.91 Å². The van der Waals surface area contributed by atoms with Crippen LogP contribution in [0, 0.1) is 0 Å². The third-order valence-corrected chi connectivity index (χ3v) is 3.23. The molecule has 5 heteroatoms. The Hall–Kier alpha value is -0.250. The van der Waals surface area contributed by atoms with Crippen LogP contribution < -0.4 is 5.32 Å². The summed E-state index contributed by atoms with van der Waals surface area (Å²) in [7, 11) is 0. The largest absolute Gasteiger partial charge is 0.324 e. The Labute approximate surface area is 101 Å². The maximum absolute atomic E-state index is 11.2. The molecule has 0 unspecified atom stereocenters. The average Bonchev–Trinajstić information content (AvgIpc) is 2.18. The molecule has 0 saturated carbocycles. The number of carbonyl (C=O) groups is 1. The van der Waals surface area contributed by atoms with E-state index in [-0.39, 0.29) is 5.91 Å². The maximum atomic E-state index is 11.2. The summed E-state index contributed by atoms with van der Waals surface area (Å²) in [6.07, 6.45) is 0.388. The zero-order valence-corrected chi connectivity index (χ0v) is 10.5. The van der Waals surface area contributed by atoms with Crippen LogP contribution in [0.25, 0.3) is 0 Å². The predicted molar refractivity (Wildman–Crippen MR) is 63.1 cm³/mol. The molecule has 0 aliphatic carbocycles. The van der Waals surface area contributed by atoms with Crippen molar-refractivity contribution in [3.8, 4) is 0 Å². The highest BCUT2D eigenvalue weighted by molar-refractivity contribution is 9.10. The summed E-state index contributed by atoms with van der Waals surface area (Å²) in [5.74, 6) is -0.119. The lowest BCUT2D eigenvalue weighted by atomic mass is 10.3. The van der Waals surface area contributed by atoms with Gasteiger partial charge < -0.3 is 5.32 Å². The van der Waals surface area contributed by atoms with Crippen molar-refractivity contribution < 1.29 is 4.79 Å². The monoisotopic (exact) mass is 295 g/mol. The minimum Gasteiger partial charge on any atom is -0.324 e. The van der Waals surface area contributed by atoms with Crippen LogP contribution in [0.3, 0.4) is 0 Å². The van der Waals surface area contributed by atoms with Gasteiger partial charge in [-0.25, -0.2) is 0 Å². The van der Waals surface area contributed by atoms with E-state index in [4.69, 9.17) is 23.2 Å². The zero-order valence-electron chi connectivity index (χ0n) is 7.40. The average molecular weight is 297 g/mol. The molecular weight excluding hydrogens is 289 g/mol. The van der Waals surface area contributed by atoms with Crippen LogP contribution in [0.5, 0.6) is 0 Å². The summed E-state index contributed by atoms with van der Waals surface area (Å²) >= 11 is 15.1. The molecule has 0 radical (unpaired) electrons. The van der Waals surface area contributed by atoms with Crippen LogP contribution in [0.15, 0.2) is 16.6 Å². The minimum absolute atomic E-state index is 0.119. The van der Waals surface area contributed by atoms with Crippen LogP contribution in [-0.2, 0) is 4.79 Å². The van der Waals surface area contributed by atoms with Crippen LogP contribution in [0.2, 0.25) is 10.0 Å². The number of rotatable bonds is 2. The van der Waals surface area contributed by atoms with Gasteiger partial charge in [0.25, 0.3) is 0 Å². The van der Waals surface area contributed by atoms with Gasteiger partial charge in [-0.15, -0.1) is 0 Å². The molecule has 1 aromatic rings. The second kappa shape index (κ2) is 5.01. The van der Waals surface area contributed by atoms with Crippen molar-refractivity contribution in [3.05, 3.63) is 26.7 Å². The molecule has 0 atom stereocenters. The molecule has 0 heterocycles. The highest BCUT2D eigenvalue weighted by Crippen LogP contribution is 2.36. The lowest BCUT2D eigenvalue weighted by Gasteiger charge is -2.09. The van der Waals surface area contributed by atoms with Crippen LogP contribution in [-0.4, -0.2) is 5.91 Å². The van der Waals surface area contributed by atoms with Crippen molar-refractivity contribution >= 4 is 50.7 Å². The van der Waals surface area contributed by atoms with Crippen molar-refractivity contribution in [1.29, 1.82) is 0 Å². The Balaban J connectivity index is 3.06. The van der Waals surface area contributed by atoms with E-state index in [1.807, 2.05) is 0 Å². The molecule has 0 aliphatic rings. The Kier molecular flexibility index (Phi) is 4.23. The van der Waals surface area contributed by atoms with E-state index in [1.165, 1.54) is 0 Å². The Bertz CT molecular complexity index is 368. The van der Waals surface area contributed by atoms with Crippen molar-refractivity contribution in [3.63, 3.8) is 0 Å². The Morgan fingerprint density at radius 1 is 1.50 bits per heavy atom. The predicted octanol–water partition coefficient (Wildman–Crippen LogP) is 4.10. The number of benzene rings is 1. The molecule has 0 fully saturated rings. The molecule has 0 bridgehead atoms. The molecule has 1 aromatic carbocycles. The van der Waals surface area contributed by atoms with Crippen LogP contribution in [0.1, 0.15) is 13.3 Å². The van der Waals surface area contributed by atoms with E-state index >= 15 is 0 Å². The fourth-order valence-corrected chi connectivity index (χ4v) is 1.67. The van der Waals surface area contributed by atoms with Gasteiger partial charge in [0.05, 0.1) is 15.7 Å². The highest BCUT2D eigenvalue weighted by Gasteiger charge is 2.10. The number of amides is 1. The van der Waals surface area contributed by atoms with Gasteiger partial charge in [0, 0.05) is 10.9 Å². The smallest absolute Gasteiger partial charge is 0.224 e. The van der Waals surface area contributed by atoms with Gasteiger partial charge in [-0.1, -0.05) is 30.1 Å². The van der Waals surface area contributed by atoms with Crippen molar-refractivity contribution in [2.75, 3.05) is 5.32 Å². The summed E-state index contributed by atoms with van der Waals surface area (Å²) in [6.45, 7) is 1.76. The number of anilines is 1. The number of hydrogen-bond donors (Lipinski definition) is 1. The molecular formula is C9H8BrCl2NO. The number of halogens is 3. The standard InChI is InChI=1S/C9H8BrCl2NO/c1-2-7(14)13-9-6(11)4-3-5(10)8(9)12/h3-4H,2H2,1H3,(H,13,14). The van der Waals surface area contributed by atoms with Gasteiger partial charge in [-0.2, -0.15) is 0 Å². The second-order valence-corrected chi connectivity index (χ2v) is 4.26. The normalized spacial score (nSPS) is 10.0. The minimum atomic E-state index is -0.119. The third-order valence-electron chi connectivity index (χ3n) is 1.63. The molecule has 0 aromatic heterocycles. The van der Waals surface area contributed by atoms with Crippen molar-refractivity contribution in [1.82, 2.24) is 0 Å². The number of hydrogen-bond acceptors (Lipinski definition) is 1. The van der Waals surface area contributed by atoms with Gasteiger partial charge in [0.15, 0.2) is 0 Å². The van der Waals surface area contributed by atoms with Gasteiger partial charge in [-0.3, -0.25) is 4.79 Å².